The summed E-state index contributed by atoms with van der Waals surface area (Å²) in [6.45, 7) is 5.46. The lowest BCUT2D eigenvalue weighted by molar-refractivity contribution is -0.119. The van der Waals surface area contributed by atoms with Crippen LogP contribution < -0.4 is 5.32 Å². The van der Waals surface area contributed by atoms with E-state index in [9.17, 15) is 9.59 Å². The molecule has 0 bridgehead atoms. The standard InChI is InChI=1S/C21H20N2O4S/c1-13-4-7-18(10-14(13)2)28-17-8-5-16(6-9-17)22-20(24)12-26-21(25)19-11-15(3)23-27-19/h4-11H,12H2,1-3H3,(H,22,24). The number of nitrogens with one attached hydrogen (secondary N) is 1. The van der Waals surface area contributed by atoms with Crippen LogP contribution in [0, 0.1) is 20.8 Å². The van der Waals surface area contributed by atoms with Crippen LogP contribution in [0.25, 0.3) is 0 Å². The van der Waals surface area contributed by atoms with Gasteiger partial charge in [0.05, 0.1) is 5.69 Å². The largest absolute Gasteiger partial charge is 0.450 e. The van der Waals surface area contributed by atoms with Crippen molar-refractivity contribution in [3.63, 3.8) is 0 Å². The normalized spacial score (nSPS) is 10.5. The van der Waals surface area contributed by atoms with Crippen molar-refractivity contribution in [2.45, 2.75) is 30.6 Å². The van der Waals surface area contributed by atoms with Gasteiger partial charge in [0.2, 0.25) is 5.76 Å². The van der Waals surface area contributed by atoms with Crippen molar-refractivity contribution >= 4 is 29.3 Å². The minimum absolute atomic E-state index is 0.0296. The predicted octanol–water partition coefficient (Wildman–Crippen LogP) is 4.55. The molecule has 0 fully saturated rings. The number of esters is 1. The summed E-state index contributed by atoms with van der Waals surface area (Å²) in [5, 5.41) is 6.29. The van der Waals surface area contributed by atoms with E-state index in [2.05, 4.69) is 42.5 Å². The van der Waals surface area contributed by atoms with E-state index in [0.29, 0.717) is 11.4 Å². The summed E-state index contributed by atoms with van der Waals surface area (Å²) in [6, 6.07) is 15.3. The van der Waals surface area contributed by atoms with Crippen molar-refractivity contribution in [2.75, 3.05) is 11.9 Å². The SMILES string of the molecule is Cc1cc(C(=O)OCC(=O)Nc2ccc(Sc3ccc(C)c(C)c3)cc2)on1. The Balaban J connectivity index is 1.51. The summed E-state index contributed by atoms with van der Waals surface area (Å²) >= 11 is 1.65. The Hall–Kier alpha value is -3.06. The maximum absolute atomic E-state index is 12.0. The molecule has 0 radical (unpaired) electrons. The average Bonchev–Trinajstić information content (AvgIpc) is 3.11. The van der Waals surface area contributed by atoms with Crippen LogP contribution in [0.3, 0.4) is 0 Å². The van der Waals surface area contributed by atoms with E-state index in [1.165, 1.54) is 17.2 Å². The van der Waals surface area contributed by atoms with E-state index in [-0.39, 0.29) is 5.76 Å². The molecule has 0 aliphatic carbocycles. The van der Waals surface area contributed by atoms with Gasteiger partial charge in [-0.3, -0.25) is 4.79 Å². The van der Waals surface area contributed by atoms with Gasteiger partial charge in [-0.25, -0.2) is 4.79 Å². The van der Waals surface area contributed by atoms with Gasteiger partial charge in [-0.05, 0) is 68.3 Å². The molecule has 0 saturated heterocycles. The molecule has 0 unspecified atom stereocenters. The molecule has 144 valence electrons. The van der Waals surface area contributed by atoms with Gasteiger partial charge >= 0.3 is 5.97 Å². The molecular formula is C21H20N2O4S. The summed E-state index contributed by atoms with van der Waals surface area (Å²) in [5.41, 5.74) is 3.71. The van der Waals surface area contributed by atoms with Gasteiger partial charge in [0.25, 0.3) is 5.91 Å². The summed E-state index contributed by atoms with van der Waals surface area (Å²) in [5.74, 6) is -1.19. The van der Waals surface area contributed by atoms with Crippen LogP contribution in [0.15, 0.2) is 62.8 Å². The van der Waals surface area contributed by atoms with Crippen LogP contribution in [-0.2, 0) is 9.53 Å². The van der Waals surface area contributed by atoms with E-state index < -0.39 is 18.5 Å². The Bertz CT molecular complexity index is 996. The van der Waals surface area contributed by atoms with Crippen molar-refractivity contribution in [2.24, 2.45) is 0 Å². The summed E-state index contributed by atoms with van der Waals surface area (Å²) in [6.07, 6.45) is 0. The van der Waals surface area contributed by atoms with Gasteiger partial charge in [0.15, 0.2) is 6.61 Å². The summed E-state index contributed by atoms with van der Waals surface area (Å²) < 4.78 is 9.70. The first kappa shape index (κ1) is 19.7. The van der Waals surface area contributed by atoms with E-state index in [1.54, 1.807) is 18.7 Å². The first-order chi connectivity index (χ1) is 13.4. The van der Waals surface area contributed by atoms with Gasteiger partial charge in [0.1, 0.15) is 0 Å². The molecule has 3 aromatic rings. The molecule has 3 rings (SSSR count). The van der Waals surface area contributed by atoms with Gasteiger partial charge in [-0.15, -0.1) is 0 Å². The highest BCUT2D eigenvalue weighted by atomic mass is 32.2. The van der Waals surface area contributed by atoms with E-state index in [4.69, 9.17) is 9.26 Å². The Morgan fingerprint density at radius 2 is 1.71 bits per heavy atom. The zero-order valence-corrected chi connectivity index (χ0v) is 16.6. The lowest BCUT2D eigenvalue weighted by atomic mass is 10.1. The Kier molecular flexibility index (Phi) is 6.16. The molecule has 1 heterocycles. The van der Waals surface area contributed by atoms with E-state index in [0.717, 1.165) is 9.79 Å². The molecule has 2 aromatic carbocycles. The molecule has 0 atom stereocenters. The zero-order valence-electron chi connectivity index (χ0n) is 15.8. The molecule has 1 aromatic heterocycles. The first-order valence-electron chi connectivity index (χ1n) is 8.66. The third kappa shape index (κ3) is 5.23. The smallest absolute Gasteiger partial charge is 0.377 e. The minimum atomic E-state index is -0.726. The van der Waals surface area contributed by atoms with Gasteiger partial charge < -0.3 is 14.6 Å². The molecule has 7 heteroatoms. The van der Waals surface area contributed by atoms with Gasteiger partial charge in [-0.2, -0.15) is 0 Å². The van der Waals surface area contributed by atoms with Crippen LogP contribution in [0.5, 0.6) is 0 Å². The Labute approximate surface area is 167 Å². The number of aryl methyl sites for hydroxylation is 3. The van der Waals surface area contributed by atoms with Gasteiger partial charge in [0, 0.05) is 21.5 Å². The molecule has 0 aliphatic heterocycles. The summed E-state index contributed by atoms with van der Waals surface area (Å²) in [4.78, 5) is 25.9. The molecule has 0 spiro atoms. The quantitative estimate of drug-likeness (QED) is 0.616. The topological polar surface area (TPSA) is 81.4 Å². The lowest BCUT2D eigenvalue weighted by Crippen LogP contribution is -2.20. The zero-order chi connectivity index (χ0) is 20.1. The summed E-state index contributed by atoms with van der Waals surface area (Å²) in [7, 11) is 0. The Morgan fingerprint density at radius 3 is 2.36 bits per heavy atom. The number of aromatic nitrogens is 1. The number of benzene rings is 2. The van der Waals surface area contributed by atoms with Crippen LogP contribution in [0.4, 0.5) is 5.69 Å². The average molecular weight is 396 g/mol. The Morgan fingerprint density at radius 1 is 1.00 bits per heavy atom. The highest BCUT2D eigenvalue weighted by Crippen LogP contribution is 2.29. The van der Waals surface area contributed by atoms with Gasteiger partial charge in [-0.1, -0.05) is 23.0 Å². The van der Waals surface area contributed by atoms with Crippen molar-refractivity contribution < 1.29 is 18.8 Å². The fourth-order valence-electron chi connectivity index (χ4n) is 2.38. The third-order valence-electron chi connectivity index (χ3n) is 4.02. The first-order valence-corrected chi connectivity index (χ1v) is 9.48. The predicted molar refractivity (Wildman–Crippen MR) is 107 cm³/mol. The second kappa shape index (κ2) is 8.75. The molecule has 1 amide bonds. The van der Waals surface area contributed by atoms with Crippen molar-refractivity contribution in [1.82, 2.24) is 5.16 Å². The minimum Gasteiger partial charge on any atom is -0.450 e. The number of amides is 1. The number of carbonyl (C=O) groups excluding carboxylic acids is 2. The molecule has 1 N–H and O–H groups in total. The van der Waals surface area contributed by atoms with Crippen molar-refractivity contribution in [3.05, 3.63) is 71.1 Å². The maximum Gasteiger partial charge on any atom is 0.377 e. The van der Waals surface area contributed by atoms with Crippen molar-refractivity contribution in [1.29, 1.82) is 0 Å². The number of anilines is 1. The number of hydrogen-bond acceptors (Lipinski definition) is 6. The highest BCUT2D eigenvalue weighted by molar-refractivity contribution is 7.99. The van der Waals surface area contributed by atoms with Crippen LogP contribution in [0.1, 0.15) is 27.4 Å². The highest BCUT2D eigenvalue weighted by Gasteiger charge is 2.15. The number of rotatable bonds is 6. The third-order valence-corrected chi connectivity index (χ3v) is 5.01. The number of nitrogens with zero attached hydrogens (tertiary/aromatic N) is 1. The van der Waals surface area contributed by atoms with Crippen LogP contribution in [-0.4, -0.2) is 23.6 Å². The monoisotopic (exact) mass is 396 g/mol. The van der Waals surface area contributed by atoms with Crippen molar-refractivity contribution in [3.8, 4) is 0 Å². The number of carbonyl (C=O) groups is 2. The second-order valence-corrected chi connectivity index (χ2v) is 7.48. The molecule has 0 aliphatic rings. The molecular weight excluding hydrogens is 376 g/mol. The van der Waals surface area contributed by atoms with E-state index >= 15 is 0 Å². The fourth-order valence-corrected chi connectivity index (χ4v) is 3.29. The molecule has 0 saturated carbocycles. The fraction of sp³-hybridized carbons (Fsp3) is 0.190. The maximum atomic E-state index is 12.0. The van der Waals surface area contributed by atoms with E-state index in [1.807, 2.05) is 24.3 Å². The van der Waals surface area contributed by atoms with Crippen LogP contribution in [0.2, 0.25) is 0 Å². The number of hydrogen-bond donors (Lipinski definition) is 1. The second-order valence-electron chi connectivity index (χ2n) is 6.33. The molecule has 6 nitrogen and oxygen atoms in total. The lowest BCUT2D eigenvalue weighted by Gasteiger charge is -2.08. The van der Waals surface area contributed by atoms with Crippen LogP contribution >= 0.6 is 11.8 Å². The number of ether oxygens (including phenoxy) is 1. The molecule has 28 heavy (non-hydrogen) atoms.